The molecule has 11 nitrogen and oxygen atoms in total. The molecule has 0 spiro atoms. The van der Waals surface area contributed by atoms with Crippen molar-refractivity contribution in [1.29, 1.82) is 0 Å². The molecule has 15 heteroatoms. The molecular weight excluding hydrogens is 487 g/mol. The van der Waals surface area contributed by atoms with Crippen LogP contribution in [0.5, 0.6) is 0 Å². The summed E-state index contributed by atoms with van der Waals surface area (Å²) in [5.41, 5.74) is 7.73. The molecule has 0 amide bonds. The van der Waals surface area contributed by atoms with E-state index < -0.39 is 34.2 Å². The number of hydrogen-bond donors (Lipinski definition) is 2. The molecule has 0 radical (unpaired) electrons. The van der Waals surface area contributed by atoms with E-state index in [2.05, 4.69) is 30.6 Å². The molecule has 3 N–H and O–H groups in total. The number of nitrogens with zero attached hydrogens (tertiary/aromatic N) is 7. The number of azo groups is 1. The zero-order valence-electron chi connectivity index (χ0n) is 19.2. The second kappa shape index (κ2) is 9.03. The minimum atomic E-state index is -3.71. The van der Waals surface area contributed by atoms with Crippen molar-refractivity contribution >= 4 is 33.0 Å². The quantitative estimate of drug-likeness (QED) is 0.484. The summed E-state index contributed by atoms with van der Waals surface area (Å²) in [7, 11) is -2.19. The summed E-state index contributed by atoms with van der Waals surface area (Å²) in [5.74, 6) is -5.18. The predicted octanol–water partition coefficient (Wildman–Crippen LogP) is 2.86. The number of halogens is 3. The number of nitrogen functional groups attached to an aromatic ring is 1. The number of nitrogens with two attached hydrogens (primary N) is 1. The van der Waals surface area contributed by atoms with Gasteiger partial charge in [0.05, 0.1) is 35.9 Å². The van der Waals surface area contributed by atoms with Crippen molar-refractivity contribution in [2.24, 2.45) is 16.1 Å². The molecular formula is C20H24F3N9O2S. The maximum Gasteiger partial charge on any atom is 0.266 e. The number of piperidine rings is 1. The van der Waals surface area contributed by atoms with Crippen LogP contribution in [0.3, 0.4) is 0 Å². The fraction of sp³-hybridized carbons (Fsp3) is 0.450. The van der Waals surface area contributed by atoms with Crippen LogP contribution >= 0.6 is 0 Å². The van der Waals surface area contributed by atoms with Gasteiger partial charge in [-0.3, -0.25) is 4.98 Å². The fourth-order valence-corrected chi connectivity index (χ4v) is 4.85. The van der Waals surface area contributed by atoms with Gasteiger partial charge in [-0.25, -0.2) is 26.1 Å². The largest absolute Gasteiger partial charge is 0.382 e. The van der Waals surface area contributed by atoms with E-state index in [0.717, 1.165) is 16.8 Å². The lowest BCUT2D eigenvalue weighted by Gasteiger charge is -2.37. The van der Waals surface area contributed by atoms with E-state index in [9.17, 15) is 21.6 Å². The first-order valence-electron chi connectivity index (χ1n) is 10.6. The number of hydrogen-bond acceptors (Lipinski definition) is 9. The molecule has 1 saturated heterocycles. The van der Waals surface area contributed by atoms with E-state index >= 15 is 0 Å². The topological polar surface area (TPSA) is 143 Å². The van der Waals surface area contributed by atoms with Crippen molar-refractivity contribution in [1.82, 2.24) is 23.9 Å². The van der Waals surface area contributed by atoms with Crippen LogP contribution in [0, 0.1) is 18.7 Å². The number of anilines is 2. The number of aryl methyl sites for hydroxylation is 1. The number of aromatic nitrogens is 4. The minimum absolute atomic E-state index is 0.0141. The number of rotatable bonds is 6. The Labute approximate surface area is 199 Å². The Morgan fingerprint density at radius 1 is 1.31 bits per heavy atom. The summed E-state index contributed by atoms with van der Waals surface area (Å²) < 4.78 is 69.2. The first-order valence-corrected chi connectivity index (χ1v) is 12.4. The first-order chi connectivity index (χ1) is 16.4. The second-order valence-corrected chi connectivity index (χ2v) is 10.3. The van der Waals surface area contributed by atoms with E-state index in [-0.39, 0.29) is 42.4 Å². The third kappa shape index (κ3) is 4.91. The Bertz CT molecular complexity index is 1410. The Morgan fingerprint density at radius 3 is 2.69 bits per heavy atom. The molecule has 0 aliphatic carbocycles. The molecule has 1 atom stereocenters. The third-order valence-corrected chi connectivity index (χ3v) is 7.07. The molecule has 3 aromatic heterocycles. The number of pyridine rings is 1. The summed E-state index contributed by atoms with van der Waals surface area (Å²) >= 11 is 0. The van der Waals surface area contributed by atoms with Crippen LogP contribution in [0.1, 0.15) is 12.1 Å². The van der Waals surface area contributed by atoms with Gasteiger partial charge in [-0.15, -0.1) is 5.10 Å². The number of nitrogens with one attached hydrogen (secondary N) is 1. The van der Waals surface area contributed by atoms with Crippen LogP contribution < -0.4 is 11.1 Å². The Balaban J connectivity index is 1.58. The predicted molar refractivity (Wildman–Crippen MR) is 124 cm³/mol. The van der Waals surface area contributed by atoms with Crippen molar-refractivity contribution in [3.05, 3.63) is 29.8 Å². The van der Waals surface area contributed by atoms with E-state index in [1.807, 2.05) is 0 Å². The van der Waals surface area contributed by atoms with Gasteiger partial charge in [0, 0.05) is 26.1 Å². The maximum absolute atomic E-state index is 14.9. The van der Waals surface area contributed by atoms with Crippen LogP contribution in [-0.4, -0.2) is 71.2 Å². The van der Waals surface area contributed by atoms with Crippen molar-refractivity contribution < 1.29 is 21.6 Å². The monoisotopic (exact) mass is 511 g/mol. The highest BCUT2D eigenvalue weighted by Gasteiger charge is 2.46. The summed E-state index contributed by atoms with van der Waals surface area (Å²) in [6.45, 7) is 0.582. The molecule has 1 fully saturated rings. The standard InChI is InChI=1S/C20H24F3N9O2S/c1-11-14(29-25-2)4-5-15(27-11)16-13(21)9-32-17(16)18(24)28-19(30-32)26-8-12-6-7-31(35(3,33)34)10-20(12,22)23/h4-5,9,12H,6-8,10H2,1-3H3,(H3,24,26,28,30). The van der Waals surface area contributed by atoms with E-state index in [1.165, 1.54) is 11.6 Å². The molecule has 4 heterocycles. The minimum Gasteiger partial charge on any atom is -0.382 e. The highest BCUT2D eigenvalue weighted by Crippen LogP contribution is 2.35. The molecule has 35 heavy (non-hydrogen) atoms. The maximum atomic E-state index is 14.9. The SMILES string of the molecule is CN=Nc1ccc(-c2c(F)cn3nc(NCC4CCN(S(C)(=O)=O)CC4(F)F)nc(N)c23)nc1C. The van der Waals surface area contributed by atoms with Crippen LogP contribution in [-0.2, 0) is 10.0 Å². The Hall–Kier alpha value is -3.33. The second-order valence-electron chi connectivity index (χ2n) is 8.29. The van der Waals surface area contributed by atoms with Gasteiger partial charge in [0.1, 0.15) is 11.2 Å². The zero-order valence-corrected chi connectivity index (χ0v) is 20.0. The van der Waals surface area contributed by atoms with Crippen molar-refractivity contribution in [2.75, 3.05) is 44.0 Å². The van der Waals surface area contributed by atoms with Gasteiger partial charge in [-0.2, -0.15) is 19.5 Å². The average molecular weight is 512 g/mol. The molecule has 3 aromatic rings. The van der Waals surface area contributed by atoms with Crippen molar-refractivity contribution in [3.8, 4) is 11.3 Å². The van der Waals surface area contributed by atoms with Gasteiger partial charge in [-0.1, -0.05) is 0 Å². The van der Waals surface area contributed by atoms with E-state index in [0.29, 0.717) is 17.1 Å². The zero-order chi connectivity index (χ0) is 25.5. The summed E-state index contributed by atoms with van der Waals surface area (Å²) in [6, 6.07) is 3.22. The third-order valence-electron chi connectivity index (χ3n) is 5.82. The normalized spacial score (nSPS) is 19.0. The van der Waals surface area contributed by atoms with Gasteiger partial charge < -0.3 is 11.1 Å². The molecule has 1 aliphatic rings. The molecule has 0 aromatic carbocycles. The molecule has 0 saturated carbocycles. The smallest absolute Gasteiger partial charge is 0.266 e. The Kier molecular flexibility index (Phi) is 6.40. The Morgan fingerprint density at radius 2 is 2.06 bits per heavy atom. The van der Waals surface area contributed by atoms with Gasteiger partial charge in [0.25, 0.3) is 5.92 Å². The van der Waals surface area contributed by atoms with E-state index in [1.54, 1.807) is 19.1 Å². The molecule has 4 rings (SSSR count). The number of fused-ring (bicyclic) bond motifs is 1. The average Bonchev–Trinajstić information content (AvgIpc) is 3.09. The van der Waals surface area contributed by atoms with Crippen LogP contribution in [0.2, 0.25) is 0 Å². The lowest BCUT2D eigenvalue weighted by atomic mass is 9.94. The molecule has 188 valence electrons. The van der Waals surface area contributed by atoms with Crippen LogP contribution in [0.15, 0.2) is 28.6 Å². The van der Waals surface area contributed by atoms with Crippen molar-refractivity contribution in [3.63, 3.8) is 0 Å². The molecule has 1 aliphatic heterocycles. The highest BCUT2D eigenvalue weighted by atomic mass is 32.2. The van der Waals surface area contributed by atoms with Gasteiger partial charge in [0.15, 0.2) is 11.6 Å². The lowest BCUT2D eigenvalue weighted by molar-refractivity contribution is -0.0881. The molecule has 0 bridgehead atoms. The number of alkyl halides is 2. The first kappa shape index (κ1) is 24.8. The summed E-state index contributed by atoms with van der Waals surface area (Å²) in [4.78, 5) is 8.49. The van der Waals surface area contributed by atoms with Gasteiger partial charge in [-0.05, 0) is 25.5 Å². The van der Waals surface area contributed by atoms with Crippen LogP contribution in [0.4, 0.5) is 30.6 Å². The lowest BCUT2D eigenvalue weighted by Crippen LogP contribution is -2.52. The molecule has 1 unspecified atom stereocenters. The van der Waals surface area contributed by atoms with E-state index in [4.69, 9.17) is 5.73 Å². The summed E-state index contributed by atoms with van der Waals surface area (Å²) in [6.07, 6.45) is 1.95. The van der Waals surface area contributed by atoms with Gasteiger partial charge >= 0.3 is 0 Å². The highest BCUT2D eigenvalue weighted by molar-refractivity contribution is 7.88. The fourth-order valence-electron chi connectivity index (χ4n) is 4.01. The number of sulfonamides is 1. The van der Waals surface area contributed by atoms with Crippen molar-refractivity contribution in [2.45, 2.75) is 19.3 Å². The summed E-state index contributed by atoms with van der Waals surface area (Å²) in [5, 5.41) is 14.5. The van der Waals surface area contributed by atoms with Gasteiger partial charge in [0.2, 0.25) is 16.0 Å². The van der Waals surface area contributed by atoms with Crippen LogP contribution in [0.25, 0.3) is 16.8 Å².